The molecule has 1 saturated heterocycles. The van der Waals surface area contributed by atoms with Crippen molar-refractivity contribution in [3.63, 3.8) is 0 Å². The van der Waals surface area contributed by atoms with Crippen molar-refractivity contribution in [1.29, 1.82) is 0 Å². The average molecular weight is 359 g/mol. The van der Waals surface area contributed by atoms with Crippen LogP contribution in [0.2, 0.25) is 0 Å². The number of rotatable bonds is 3. The summed E-state index contributed by atoms with van der Waals surface area (Å²) >= 11 is 1.42. The number of amides is 2. The topological polar surface area (TPSA) is 70.1 Å². The zero-order valence-corrected chi connectivity index (χ0v) is 16.0. The van der Waals surface area contributed by atoms with E-state index in [2.05, 4.69) is 39.6 Å². The van der Waals surface area contributed by atoms with Gasteiger partial charge in [-0.15, -0.1) is 10.2 Å². The third kappa shape index (κ3) is 4.48. The average Bonchev–Trinajstić information content (AvgIpc) is 2.98. The fraction of sp³-hybridized carbons (Fsp3) is 0.500. The molecule has 1 fully saturated rings. The molecular weight excluding hydrogens is 334 g/mol. The maximum atomic E-state index is 12.2. The summed E-state index contributed by atoms with van der Waals surface area (Å²) in [4.78, 5) is 14.4. The number of carbonyl (C=O) groups excluding carboxylic acids is 1. The number of urea groups is 1. The Labute approximate surface area is 152 Å². The zero-order valence-electron chi connectivity index (χ0n) is 15.2. The van der Waals surface area contributed by atoms with Gasteiger partial charge in [-0.25, -0.2) is 4.79 Å². The first-order valence-electron chi connectivity index (χ1n) is 8.64. The van der Waals surface area contributed by atoms with E-state index in [9.17, 15) is 4.79 Å². The Balaban J connectivity index is 1.60. The van der Waals surface area contributed by atoms with Crippen molar-refractivity contribution in [2.24, 2.45) is 11.8 Å². The monoisotopic (exact) mass is 359 g/mol. The van der Waals surface area contributed by atoms with E-state index >= 15 is 0 Å². The standard InChI is InChI=1S/C18H25N5OS/c1-11-7-12(2)10-23(9-11)18-22-21-17(25-18)20-16(24)19-15-6-5-13(3)14(4)8-15/h5-6,8,11-12H,7,9-10H2,1-4H3,(H2,19,20,21,24)/t11-,12-/m0/s1. The fourth-order valence-electron chi connectivity index (χ4n) is 3.29. The summed E-state index contributed by atoms with van der Waals surface area (Å²) < 4.78 is 0. The summed E-state index contributed by atoms with van der Waals surface area (Å²) in [7, 11) is 0. The molecule has 134 valence electrons. The van der Waals surface area contributed by atoms with Crippen LogP contribution in [-0.4, -0.2) is 29.3 Å². The number of nitrogens with zero attached hydrogens (tertiary/aromatic N) is 3. The molecule has 2 amide bonds. The molecule has 2 aromatic rings. The Morgan fingerprint density at radius 2 is 1.84 bits per heavy atom. The van der Waals surface area contributed by atoms with Crippen molar-refractivity contribution < 1.29 is 4.79 Å². The molecule has 2 atom stereocenters. The van der Waals surface area contributed by atoms with Gasteiger partial charge in [0.15, 0.2) is 0 Å². The van der Waals surface area contributed by atoms with Gasteiger partial charge in [-0.1, -0.05) is 31.3 Å². The Hall–Kier alpha value is -2.15. The van der Waals surface area contributed by atoms with Gasteiger partial charge in [0.2, 0.25) is 10.3 Å². The number of nitrogens with one attached hydrogen (secondary N) is 2. The van der Waals surface area contributed by atoms with Crippen LogP contribution in [0.25, 0.3) is 0 Å². The van der Waals surface area contributed by atoms with Crippen LogP contribution in [0.1, 0.15) is 31.4 Å². The number of benzene rings is 1. The van der Waals surface area contributed by atoms with Crippen LogP contribution in [0.5, 0.6) is 0 Å². The lowest BCUT2D eigenvalue weighted by Crippen LogP contribution is -2.38. The summed E-state index contributed by atoms with van der Waals surface area (Å²) in [5.41, 5.74) is 3.11. The molecule has 2 heterocycles. The number of hydrogen-bond acceptors (Lipinski definition) is 5. The van der Waals surface area contributed by atoms with Crippen LogP contribution in [0.15, 0.2) is 18.2 Å². The number of hydrogen-bond donors (Lipinski definition) is 2. The second-order valence-corrected chi connectivity index (χ2v) is 8.07. The molecule has 1 aromatic heterocycles. The van der Waals surface area contributed by atoms with Crippen LogP contribution < -0.4 is 15.5 Å². The molecule has 2 N–H and O–H groups in total. The minimum absolute atomic E-state index is 0.300. The van der Waals surface area contributed by atoms with Crippen LogP contribution >= 0.6 is 11.3 Å². The van der Waals surface area contributed by atoms with E-state index in [0.717, 1.165) is 29.5 Å². The van der Waals surface area contributed by atoms with Crippen molar-refractivity contribution in [3.05, 3.63) is 29.3 Å². The number of aryl methyl sites for hydroxylation is 2. The van der Waals surface area contributed by atoms with Gasteiger partial charge in [0.05, 0.1) is 0 Å². The van der Waals surface area contributed by atoms with E-state index in [1.165, 1.54) is 23.3 Å². The fourth-order valence-corrected chi connectivity index (χ4v) is 4.05. The quantitative estimate of drug-likeness (QED) is 0.858. The molecule has 0 aliphatic carbocycles. The molecule has 25 heavy (non-hydrogen) atoms. The molecule has 0 bridgehead atoms. The van der Waals surface area contributed by atoms with E-state index in [1.807, 2.05) is 32.0 Å². The highest BCUT2D eigenvalue weighted by atomic mass is 32.1. The minimum Gasteiger partial charge on any atom is -0.346 e. The van der Waals surface area contributed by atoms with Crippen molar-refractivity contribution >= 4 is 33.3 Å². The van der Waals surface area contributed by atoms with Crippen LogP contribution in [0.4, 0.5) is 20.7 Å². The third-order valence-electron chi connectivity index (χ3n) is 4.54. The number of carbonyl (C=O) groups is 1. The van der Waals surface area contributed by atoms with Crippen molar-refractivity contribution in [1.82, 2.24) is 10.2 Å². The Morgan fingerprint density at radius 3 is 2.52 bits per heavy atom. The second kappa shape index (κ2) is 7.39. The molecule has 1 aliphatic rings. The second-order valence-electron chi connectivity index (χ2n) is 7.12. The molecule has 0 radical (unpaired) electrons. The molecule has 1 aliphatic heterocycles. The summed E-state index contributed by atoms with van der Waals surface area (Å²) in [6.07, 6.45) is 1.25. The molecule has 1 aromatic carbocycles. The van der Waals surface area contributed by atoms with E-state index in [1.54, 1.807) is 0 Å². The summed E-state index contributed by atoms with van der Waals surface area (Å²) in [5.74, 6) is 1.30. The van der Waals surface area contributed by atoms with Gasteiger partial charge in [0.1, 0.15) is 0 Å². The Morgan fingerprint density at radius 1 is 1.12 bits per heavy atom. The molecular formula is C18H25N5OS. The molecule has 3 rings (SSSR count). The SMILES string of the molecule is Cc1ccc(NC(=O)Nc2nnc(N3C[C@@H](C)C[C@H](C)C3)s2)cc1C. The predicted molar refractivity (Wildman–Crippen MR) is 104 cm³/mol. The van der Waals surface area contributed by atoms with Crippen molar-refractivity contribution in [3.8, 4) is 0 Å². The first-order valence-corrected chi connectivity index (χ1v) is 9.46. The molecule has 0 saturated carbocycles. The van der Waals surface area contributed by atoms with Gasteiger partial charge in [0.25, 0.3) is 0 Å². The van der Waals surface area contributed by atoms with Gasteiger partial charge < -0.3 is 10.2 Å². The van der Waals surface area contributed by atoms with E-state index in [4.69, 9.17) is 0 Å². The highest BCUT2D eigenvalue weighted by Gasteiger charge is 2.24. The summed E-state index contributed by atoms with van der Waals surface area (Å²) in [5, 5.41) is 15.4. The number of anilines is 3. The number of aromatic nitrogens is 2. The summed E-state index contributed by atoms with van der Waals surface area (Å²) in [6.45, 7) is 10.6. The van der Waals surface area contributed by atoms with E-state index in [0.29, 0.717) is 17.0 Å². The van der Waals surface area contributed by atoms with Crippen LogP contribution in [0.3, 0.4) is 0 Å². The van der Waals surface area contributed by atoms with Gasteiger partial charge in [-0.05, 0) is 55.4 Å². The zero-order chi connectivity index (χ0) is 18.0. The lowest BCUT2D eigenvalue weighted by Gasteiger charge is -2.34. The smallest absolute Gasteiger partial charge is 0.325 e. The first-order chi connectivity index (χ1) is 11.9. The van der Waals surface area contributed by atoms with Gasteiger partial charge >= 0.3 is 6.03 Å². The van der Waals surface area contributed by atoms with E-state index in [-0.39, 0.29) is 6.03 Å². The van der Waals surface area contributed by atoms with Gasteiger partial charge in [-0.3, -0.25) is 5.32 Å². The third-order valence-corrected chi connectivity index (χ3v) is 5.44. The van der Waals surface area contributed by atoms with Crippen LogP contribution in [-0.2, 0) is 0 Å². The van der Waals surface area contributed by atoms with Crippen LogP contribution in [0, 0.1) is 25.7 Å². The highest BCUT2D eigenvalue weighted by molar-refractivity contribution is 7.19. The van der Waals surface area contributed by atoms with Crippen molar-refractivity contribution in [2.75, 3.05) is 28.6 Å². The predicted octanol–water partition coefficient (Wildman–Crippen LogP) is 4.28. The number of piperidine rings is 1. The molecule has 0 spiro atoms. The maximum Gasteiger partial charge on any atom is 0.325 e. The first kappa shape index (κ1) is 17.7. The normalized spacial score (nSPS) is 20.4. The largest absolute Gasteiger partial charge is 0.346 e. The van der Waals surface area contributed by atoms with Gasteiger partial charge in [-0.2, -0.15) is 0 Å². The minimum atomic E-state index is -0.300. The van der Waals surface area contributed by atoms with E-state index < -0.39 is 0 Å². The lowest BCUT2D eigenvalue weighted by molar-refractivity contribution is 0.262. The maximum absolute atomic E-state index is 12.2. The Bertz CT molecular complexity index is 750. The van der Waals surface area contributed by atoms with Crippen molar-refractivity contribution in [2.45, 2.75) is 34.1 Å². The lowest BCUT2D eigenvalue weighted by atomic mass is 9.92. The molecule has 7 heteroatoms. The molecule has 0 unspecified atom stereocenters. The van der Waals surface area contributed by atoms with Gasteiger partial charge in [0, 0.05) is 18.8 Å². The molecule has 6 nitrogen and oxygen atoms in total. The Kier molecular flexibility index (Phi) is 5.22. The summed E-state index contributed by atoms with van der Waals surface area (Å²) in [6, 6.07) is 5.54. The highest BCUT2D eigenvalue weighted by Crippen LogP contribution is 2.30.